The molecule has 0 aliphatic rings. The summed E-state index contributed by atoms with van der Waals surface area (Å²) in [4.78, 5) is 11.3. The monoisotopic (exact) mass is 188 g/mol. The molecule has 0 saturated heterocycles. The molecule has 5 heteroatoms. The number of hydrogen-bond donors (Lipinski definition) is 1. The third kappa shape index (κ3) is 1.60. The lowest BCUT2D eigenvalue weighted by Crippen LogP contribution is -1.99. The van der Waals surface area contributed by atoms with Crippen molar-refractivity contribution in [1.29, 1.82) is 0 Å². The first-order valence-corrected chi connectivity index (χ1v) is 3.11. The van der Waals surface area contributed by atoms with E-state index in [1.807, 2.05) is 0 Å². The third-order valence-corrected chi connectivity index (χ3v) is 1.09. The van der Waals surface area contributed by atoms with Crippen LogP contribution in [-0.2, 0) is 0 Å². The third-order valence-electron chi connectivity index (χ3n) is 0.737. The summed E-state index contributed by atoms with van der Waals surface area (Å²) < 4.78 is 0.479. The lowest BCUT2D eigenvalue weighted by molar-refractivity contribution is 0.958. The van der Waals surface area contributed by atoms with Crippen molar-refractivity contribution in [1.82, 2.24) is 15.0 Å². The topological polar surface area (TPSA) is 64.7 Å². The van der Waals surface area contributed by atoms with E-state index in [-0.39, 0.29) is 5.95 Å². The summed E-state index contributed by atoms with van der Waals surface area (Å²) in [7, 11) is 0. The van der Waals surface area contributed by atoms with E-state index in [0.29, 0.717) is 10.6 Å². The Morgan fingerprint density at radius 3 is 2.44 bits per heavy atom. The molecule has 0 aliphatic heterocycles. The molecule has 0 amide bonds. The van der Waals surface area contributed by atoms with Gasteiger partial charge in [0.2, 0.25) is 10.7 Å². The van der Waals surface area contributed by atoms with Crippen LogP contribution in [0, 0.1) is 6.92 Å². The van der Waals surface area contributed by atoms with E-state index in [1.54, 1.807) is 6.92 Å². The van der Waals surface area contributed by atoms with Gasteiger partial charge in [0.25, 0.3) is 0 Å². The van der Waals surface area contributed by atoms with Crippen molar-refractivity contribution < 1.29 is 0 Å². The molecule has 1 rings (SSSR count). The summed E-state index contributed by atoms with van der Waals surface area (Å²) in [5.41, 5.74) is 5.27. The van der Waals surface area contributed by atoms with Crippen LogP contribution < -0.4 is 5.73 Å². The number of halogens is 1. The highest BCUT2D eigenvalue weighted by Crippen LogP contribution is 2.02. The molecule has 0 bridgehead atoms. The van der Waals surface area contributed by atoms with Crippen molar-refractivity contribution in [2.24, 2.45) is 0 Å². The smallest absolute Gasteiger partial charge is 0.224 e. The van der Waals surface area contributed by atoms with Gasteiger partial charge in [0.1, 0.15) is 5.82 Å². The molecule has 0 unspecified atom stereocenters. The van der Waals surface area contributed by atoms with Crippen LogP contribution in [-0.4, -0.2) is 15.0 Å². The Kier molecular flexibility index (Phi) is 1.61. The maximum absolute atomic E-state index is 5.27. The van der Waals surface area contributed by atoms with E-state index in [1.165, 1.54) is 0 Å². The molecule has 0 saturated carbocycles. The SMILES string of the molecule is Cc1nc(N)nc(Br)n1. The summed E-state index contributed by atoms with van der Waals surface area (Å²) in [5, 5.41) is 0. The van der Waals surface area contributed by atoms with Gasteiger partial charge in [-0.2, -0.15) is 9.97 Å². The zero-order chi connectivity index (χ0) is 6.85. The molecule has 4 nitrogen and oxygen atoms in total. The minimum atomic E-state index is 0.245. The standard InChI is InChI=1S/C4H5BrN4/c1-2-7-3(5)9-4(6)8-2/h1H3,(H2,6,7,8,9). The van der Waals surface area contributed by atoms with Gasteiger partial charge in [-0.15, -0.1) is 0 Å². The molecule has 0 radical (unpaired) electrons. The van der Waals surface area contributed by atoms with Gasteiger partial charge in [-0.05, 0) is 22.9 Å². The molecular weight excluding hydrogens is 184 g/mol. The highest BCUT2D eigenvalue weighted by atomic mass is 79.9. The second-order valence-corrected chi connectivity index (χ2v) is 2.22. The van der Waals surface area contributed by atoms with Crippen molar-refractivity contribution in [2.75, 3.05) is 5.73 Å². The predicted molar refractivity (Wildman–Crippen MR) is 36.7 cm³/mol. The Hall–Kier alpha value is -0.710. The molecule has 0 fully saturated rings. The molecule has 0 aromatic carbocycles. The summed E-state index contributed by atoms with van der Waals surface area (Å²) in [6, 6.07) is 0. The zero-order valence-corrected chi connectivity index (χ0v) is 6.38. The van der Waals surface area contributed by atoms with Gasteiger partial charge in [0.05, 0.1) is 0 Å². The molecule has 2 N–H and O–H groups in total. The molecule has 9 heavy (non-hydrogen) atoms. The summed E-state index contributed by atoms with van der Waals surface area (Å²) in [5.74, 6) is 0.865. The van der Waals surface area contributed by atoms with Gasteiger partial charge in [-0.3, -0.25) is 0 Å². The van der Waals surface area contributed by atoms with Gasteiger partial charge >= 0.3 is 0 Å². The van der Waals surface area contributed by atoms with Gasteiger partial charge in [0.15, 0.2) is 0 Å². The Labute approximate surface area is 60.7 Å². The largest absolute Gasteiger partial charge is 0.368 e. The quantitative estimate of drug-likeness (QED) is 0.646. The second kappa shape index (κ2) is 2.26. The van der Waals surface area contributed by atoms with Crippen LogP contribution >= 0.6 is 15.9 Å². The van der Waals surface area contributed by atoms with E-state index in [9.17, 15) is 0 Å². The van der Waals surface area contributed by atoms with Crippen LogP contribution in [0.15, 0.2) is 4.73 Å². The first-order valence-electron chi connectivity index (χ1n) is 2.32. The maximum Gasteiger partial charge on any atom is 0.224 e. The number of aryl methyl sites for hydroxylation is 1. The predicted octanol–water partition coefficient (Wildman–Crippen LogP) is 0.525. The maximum atomic E-state index is 5.27. The minimum absolute atomic E-state index is 0.245. The Balaban J connectivity index is 3.17. The average molecular weight is 189 g/mol. The molecule has 1 aromatic heterocycles. The normalized spacial score (nSPS) is 9.56. The lowest BCUT2D eigenvalue weighted by Gasteiger charge is -1.92. The van der Waals surface area contributed by atoms with Crippen molar-refractivity contribution >= 4 is 21.9 Å². The van der Waals surface area contributed by atoms with Crippen LogP contribution in [0.5, 0.6) is 0 Å². The number of rotatable bonds is 0. The average Bonchev–Trinajstić information content (AvgIpc) is 1.59. The molecule has 1 aromatic rings. The molecule has 0 atom stereocenters. The second-order valence-electron chi connectivity index (χ2n) is 1.51. The van der Waals surface area contributed by atoms with Gasteiger partial charge in [-0.25, -0.2) is 4.98 Å². The van der Waals surface area contributed by atoms with Crippen molar-refractivity contribution in [2.45, 2.75) is 6.92 Å². The van der Waals surface area contributed by atoms with E-state index < -0.39 is 0 Å². The van der Waals surface area contributed by atoms with E-state index in [4.69, 9.17) is 5.73 Å². The molecule has 48 valence electrons. The minimum Gasteiger partial charge on any atom is -0.368 e. The van der Waals surface area contributed by atoms with Crippen LogP contribution in [0.25, 0.3) is 0 Å². The van der Waals surface area contributed by atoms with Crippen LogP contribution in [0.4, 0.5) is 5.95 Å². The molecule has 0 aliphatic carbocycles. The summed E-state index contributed by atoms with van der Waals surface area (Å²) in [6.07, 6.45) is 0. The zero-order valence-electron chi connectivity index (χ0n) is 4.80. The first kappa shape index (κ1) is 6.41. The number of nitrogen functional groups attached to an aromatic ring is 1. The summed E-state index contributed by atoms with van der Waals surface area (Å²) >= 11 is 3.07. The molecular formula is C4H5BrN4. The van der Waals surface area contributed by atoms with Crippen LogP contribution in [0.1, 0.15) is 5.82 Å². The molecule has 0 spiro atoms. The van der Waals surface area contributed by atoms with Crippen molar-refractivity contribution in [3.63, 3.8) is 0 Å². The number of nitrogens with zero attached hydrogens (tertiary/aromatic N) is 3. The van der Waals surface area contributed by atoms with Crippen molar-refractivity contribution in [3.05, 3.63) is 10.6 Å². The number of anilines is 1. The van der Waals surface area contributed by atoms with Crippen molar-refractivity contribution in [3.8, 4) is 0 Å². The van der Waals surface area contributed by atoms with E-state index in [2.05, 4.69) is 30.9 Å². The van der Waals surface area contributed by atoms with Gasteiger partial charge in [-0.1, -0.05) is 0 Å². The summed E-state index contributed by atoms with van der Waals surface area (Å²) in [6.45, 7) is 1.75. The lowest BCUT2D eigenvalue weighted by atomic mass is 10.7. The highest BCUT2D eigenvalue weighted by molar-refractivity contribution is 9.10. The fourth-order valence-electron chi connectivity index (χ4n) is 0.469. The van der Waals surface area contributed by atoms with E-state index in [0.717, 1.165) is 0 Å². The van der Waals surface area contributed by atoms with Gasteiger partial charge in [0, 0.05) is 0 Å². The van der Waals surface area contributed by atoms with Crippen LogP contribution in [0.2, 0.25) is 0 Å². The Morgan fingerprint density at radius 2 is 2.00 bits per heavy atom. The number of hydrogen-bond acceptors (Lipinski definition) is 4. The fraction of sp³-hybridized carbons (Fsp3) is 0.250. The highest BCUT2D eigenvalue weighted by Gasteiger charge is 1.94. The van der Waals surface area contributed by atoms with Gasteiger partial charge < -0.3 is 5.73 Å². The van der Waals surface area contributed by atoms with Crippen LogP contribution in [0.3, 0.4) is 0 Å². The number of aromatic nitrogens is 3. The van der Waals surface area contributed by atoms with E-state index >= 15 is 0 Å². The Morgan fingerprint density at radius 1 is 1.33 bits per heavy atom. The Bertz CT molecular complexity index is 173. The first-order chi connectivity index (χ1) is 4.18. The number of nitrogens with two attached hydrogens (primary N) is 1. The molecule has 1 heterocycles. The fourth-order valence-corrected chi connectivity index (χ4v) is 0.907.